The normalized spacial score (nSPS) is 13.6. The van der Waals surface area contributed by atoms with Crippen molar-refractivity contribution in [2.45, 2.75) is 0 Å². The first-order valence-corrected chi connectivity index (χ1v) is 7.99. The Morgan fingerprint density at radius 3 is 2.24 bits per heavy atom. The van der Waals surface area contributed by atoms with Crippen molar-refractivity contribution in [2.24, 2.45) is 0 Å². The van der Waals surface area contributed by atoms with E-state index in [0.717, 1.165) is 30.0 Å². The second kappa shape index (κ2) is 10.1. The van der Waals surface area contributed by atoms with Crippen LogP contribution >= 0.6 is 0 Å². The average molecular weight is 507 g/mol. The maximum absolute atomic E-state index is 4.22. The Kier molecular flexibility index (Phi) is 7.80. The summed E-state index contributed by atoms with van der Waals surface area (Å²) in [6, 6.07) is 28.1. The number of para-hydroxylation sites is 1. The van der Waals surface area contributed by atoms with Crippen molar-refractivity contribution in [2.75, 3.05) is 25.0 Å². The SMILES string of the molecule is CN1[CH-]N(c2[c-]cccc2)CC1.[Ir+3].[c-]1ccccc1-c1ccccn1. The van der Waals surface area contributed by atoms with E-state index in [1.807, 2.05) is 60.7 Å². The Bertz CT molecular complexity index is 682. The van der Waals surface area contributed by atoms with E-state index >= 15 is 0 Å². The number of aromatic nitrogens is 1. The summed E-state index contributed by atoms with van der Waals surface area (Å²) in [5, 5.41) is 0. The number of likely N-dealkylation sites (N-methyl/N-ethyl adjacent to an activating group) is 1. The van der Waals surface area contributed by atoms with Crippen LogP contribution < -0.4 is 4.90 Å². The Morgan fingerprint density at radius 2 is 1.68 bits per heavy atom. The third kappa shape index (κ3) is 5.79. The zero-order valence-corrected chi connectivity index (χ0v) is 16.5. The van der Waals surface area contributed by atoms with Crippen LogP contribution in [0.5, 0.6) is 0 Å². The fraction of sp³-hybridized carbons (Fsp3) is 0.143. The van der Waals surface area contributed by atoms with Gasteiger partial charge in [0, 0.05) is 6.20 Å². The molecular weight excluding hydrogens is 486 g/mol. The van der Waals surface area contributed by atoms with Crippen molar-refractivity contribution in [1.29, 1.82) is 0 Å². The minimum atomic E-state index is 0. The third-order valence-corrected chi connectivity index (χ3v) is 3.68. The summed E-state index contributed by atoms with van der Waals surface area (Å²) in [4.78, 5) is 8.61. The second-order valence-corrected chi connectivity index (χ2v) is 5.53. The van der Waals surface area contributed by atoms with Gasteiger partial charge in [-0.3, -0.25) is 0 Å². The summed E-state index contributed by atoms with van der Waals surface area (Å²) in [6.45, 7) is 4.28. The van der Waals surface area contributed by atoms with Crippen LogP contribution in [0.4, 0.5) is 5.69 Å². The molecule has 4 rings (SSSR count). The van der Waals surface area contributed by atoms with Gasteiger partial charge in [-0.25, -0.2) is 0 Å². The van der Waals surface area contributed by atoms with Gasteiger partial charge in [-0.05, 0) is 31.9 Å². The molecule has 1 aliphatic heterocycles. The topological polar surface area (TPSA) is 19.4 Å². The molecule has 2 aromatic carbocycles. The average Bonchev–Trinajstić information content (AvgIpc) is 3.11. The van der Waals surface area contributed by atoms with Crippen LogP contribution in [0.15, 0.2) is 72.9 Å². The second-order valence-electron chi connectivity index (χ2n) is 5.53. The molecule has 1 fully saturated rings. The molecule has 4 heteroatoms. The van der Waals surface area contributed by atoms with E-state index in [4.69, 9.17) is 0 Å². The zero-order chi connectivity index (χ0) is 16.6. The molecule has 0 saturated carbocycles. The van der Waals surface area contributed by atoms with Gasteiger partial charge < -0.3 is 14.8 Å². The van der Waals surface area contributed by atoms with E-state index in [0.29, 0.717) is 0 Å². The number of rotatable bonds is 2. The van der Waals surface area contributed by atoms with Gasteiger partial charge in [0.2, 0.25) is 0 Å². The van der Waals surface area contributed by atoms with Crippen LogP contribution in [-0.2, 0) is 20.1 Å². The number of hydrogen-bond acceptors (Lipinski definition) is 3. The monoisotopic (exact) mass is 507 g/mol. The first-order valence-electron chi connectivity index (χ1n) is 7.99. The predicted octanol–water partition coefficient (Wildman–Crippen LogP) is 3.90. The fourth-order valence-corrected chi connectivity index (χ4v) is 2.44. The molecule has 0 amide bonds. The van der Waals surface area contributed by atoms with Gasteiger partial charge in [-0.2, -0.15) is 37.0 Å². The van der Waals surface area contributed by atoms with Gasteiger partial charge in [0.1, 0.15) is 0 Å². The van der Waals surface area contributed by atoms with E-state index in [9.17, 15) is 0 Å². The van der Waals surface area contributed by atoms with E-state index in [1.165, 1.54) is 0 Å². The summed E-state index contributed by atoms with van der Waals surface area (Å²) in [5.41, 5.74) is 3.16. The summed E-state index contributed by atoms with van der Waals surface area (Å²) in [7, 11) is 2.09. The molecule has 3 nitrogen and oxygen atoms in total. The first kappa shape index (κ1) is 19.3. The molecule has 128 valence electrons. The maximum atomic E-state index is 4.22. The first-order chi connectivity index (χ1) is 11.8. The fourth-order valence-electron chi connectivity index (χ4n) is 2.44. The molecule has 0 radical (unpaired) electrons. The Hall–Kier alpha value is -2.00. The van der Waals surface area contributed by atoms with Gasteiger partial charge in [-0.15, -0.1) is 41.6 Å². The molecule has 1 saturated heterocycles. The van der Waals surface area contributed by atoms with Crippen molar-refractivity contribution < 1.29 is 20.1 Å². The maximum Gasteiger partial charge on any atom is 3.00 e. The van der Waals surface area contributed by atoms with E-state index in [1.54, 1.807) is 6.20 Å². The molecule has 0 spiro atoms. The van der Waals surface area contributed by atoms with E-state index in [-0.39, 0.29) is 20.1 Å². The minimum Gasteiger partial charge on any atom is -0.528 e. The van der Waals surface area contributed by atoms with Gasteiger partial charge in [-0.1, -0.05) is 12.1 Å². The number of nitrogens with zero attached hydrogens (tertiary/aromatic N) is 3. The van der Waals surface area contributed by atoms with E-state index < -0.39 is 0 Å². The molecule has 1 aliphatic rings. The molecule has 0 unspecified atom stereocenters. The van der Waals surface area contributed by atoms with Crippen molar-refractivity contribution in [1.82, 2.24) is 9.88 Å². The zero-order valence-electron chi connectivity index (χ0n) is 14.1. The van der Waals surface area contributed by atoms with Crippen molar-refractivity contribution in [3.05, 3.63) is 91.7 Å². The minimum absolute atomic E-state index is 0. The molecule has 0 N–H and O–H groups in total. The molecular formula is C21H20IrN3. The molecule has 1 aromatic heterocycles. The number of pyridine rings is 1. The quantitative estimate of drug-likeness (QED) is 0.492. The molecule has 25 heavy (non-hydrogen) atoms. The molecule has 0 aliphatic carbocycles. The van der Waals surface area contributed by atoms with Gasteiger partial charge >= 0.3 is 20.1 Å². The summed E-state index contributed by atoms with van der Waals surface area (Å²) in [5.74, 6) is 0. The molecule has 0 atom stereocenters. The van der Waals surface area contributed by atoms with Gasteiger partial charge in [0.25, 0.3) is 0 Å². The number of anilines is 1. The standard InChI is InChI=1S/C11H8N.C10H12N2.Ir/c1-2-6-10(7-3-1)11-8-4-5-9-12-11;1-11-7-8-12(9-11)10-5-3-2-4-6-10;/h1-6,8-9H;2-5,9H,7-8H2,1H3;/q-1;-2;+3. The van der Waals surface area contributed by atoms with Gasteiger partial charge in [0.05, 0.1) is 0 Å². The van der Waals surface area contributed by atoms with E-state index in [2.05, 4.69) is 46.7 Å². The smallest absolute Gasteiger partial charge is 0.528 e. The Balaban J connectivity index is 0.000000173. The van der Waals surface area contributed by atoms with Crippen LogP contribution in [0.1, 0.15) is 0 Å². The molecule has 3 aromatic rings. The van der Waals surface area contributed by atoms with Crippen molar-refractivity contribution >= 4 is 5.69 Å². The number of hydrogen-bond donors (Lipinski definition) is 0. The molecule has 2 heterocycles. The van der Waals surface area contributed by atoms with Crippen molar-refractivity contribution in [3.63, 3.8) is 0 Å². The van der Waals surface area contributed by atoms with Crippen LogP contribution in [0, 0.1) is 18.8 Å². The summed E-state index contributed by atoms with van der Waals surface area (Å²) >= 11 is 0. The van der Waals surface area contributed by atoms with Crippen LogP contribution in [-0.4, -0.2) is 30.0 Å². The van der Waals surface area contributed by atoms with Gasteiger partial charge in [0.15, 0.2) is 0 Å². The largest absolute Gasteiger partial charge is 3.00 e. The van der Waals surface area contributed by atoms with Crippen LogP contribution in [0.3, 0.4) is 0 Å². The Morgan fingerprint density at radius 1 is 0.920 bits per heavy atom. The molecule has 0 bridgehead atoms. The van der Waals surface area contributed by atoms with Crippen molar-refractivity contribution in [3.8, 4) is 11.3 Å². The summed E-state index contributed by atoms with van der Waals surface area (Å²) in [6.07, 6.45) is 1.79. The number of benzene rings is 2. The summed E-state index contributed by atoms with van der Waals surface area (Å²) < 4.78 is 0. The third-order valence-electron chi connectivity index (χ3n) is 3.68. The van der Waals surface area contributed by atoms with Crippen LogP contribution in [0.2, 0.25) is 0 Å². The Labute approximate surface area is 163 Å². The van der Waals surface area contributed by atoms with Crippen LogP contribution in [0.25, 0.3) is 11.3 Å². The predicted molar refractivity (Wildman–Crippen MR) is 98.1 cm³/mol.